The molecule has 0 aliphatic heterocycles. The van der Waals surface area contributed by atoms with Gasteiger partial charge in [-0.05, 0) is 23.4 Å². The van der Waals surface area contributed by atoms with Gasteiger partial charge in [-0.25, -0.2) is 14.8 Å². The summed E-state index contributed by atoms with van der Waals surface area (Å²) in [5.74, 6) is -0.150. The van der Waals surface area contributed by atoms with Gasteiger partial charge in [0.05, 0.1) is 0 Å². The smallest absolute Gasteiger partial charge is 0.342 e. The van der Waals surface area contributed by atoms with Gasteiger partial charge in [0.15, 0.2) is 5.16 Å². The van der Waals surface area contributed by atoms with E-state index in [1.165, 1.54) is 23.5 Å². The van der Waals surface area contributed by atoms with Crippen molar-refractivity contribution in [3.8, 4) is 0 Å². The highest BCUT2D eigenvalue weighted by atomic mass is 35.5. The van der Waals surface area contributed by atoms with Crippen LogP contribution in [-0.4, -0.2) is 27.3 Å². The number of carbonyl (C=O) groups is 1. The Bertz CT molecular complexity index is 971. The van der Waals surface area contributed by atoms with Crippen LogP contribution in [-0.2, 0) is 12.3 Å². The number of carboxylic acids is 1. The first-order chi connectivity index (χ1) is 13.6. The fourth-order valence-corrected chi connectivity index (χ4v) is 4.08. The molecule has 8 heteroatoms. The third-order valence-electron chi connectivity index (χ3n) is 3.87. The Labute approximate surface area is 176 Å². The van der Waals surface area contributed by atoms with Crippen molar-refractivity contribution in [1.29, 1.82) is 0 Å². The van der Waals surface area contributed by atoms with Gasteiger partial charge in [0.1, 0.15) is 16.4 Å². The minimum absolute atomic E-state index is 0.0748. The highest BCUT2D eigenvalue weighted by molar-refractivity contribution is 7.99. The highest BCUT2D eigenvalue weighted by Crippen LogP contribution is 2.31. The SMILES string of the molecule is CSc1nc(NCc2ccccc2Cl)c(C(=O)O)c(SCc2ccccc2)n1. The van der Waals surface area contributed by atoms with E-state index in [0.29, 0.717) is 33.3 Å². The van der Waals surface area contributed by atoms with Crippen LogP contribution in [0.3, 0.4) is 0 Å². The van der Waals surface area contributed by atoms with Crippen LogP contribution >= 0.6 is 35.1 Å². The van der Waals surface area contributed by atoms with Crippen molar-refractivity contribution in [3.63, 3.8) is 0 Å². The molecule has 5 nitrogen and oxygen atoms in total. The lowest BCUT2D eigenvalue weighted by Crippen LogP contribution is -2.12. The normalized spacial score (nSPS) is 10.6. The van der Waals surface area contributed by atoms with E-state index >= 15 is 0 Å². The number of carboxylic acid groups (broad SMARTS) is 1. The van der Waals surface area contributed by atoms with Gasteiger partial charge in [-0.1, -0.05) is 71.9 Å². The van der Waals surface area contributed by atoms with Crippen molar-refractivity contribution in [2.24, 2.45) is 0 Å². The Morgan fingerprint density at radius 1 is 1.11 bits per heavy atom. The van der Waals surface area contributed by atoms with Gasteiger partial charge in [-0.2, -0.15) is 0 Å². The molecule has 0 fully saturated rings. The zero-order valence-electron chi connectivity index (χ0n) is 15.1. The molecule has 0 aliphatic rings. The molecule has 0 radical (unpaired) electrons. The summed E-state index contributed by atoms with van der Waals surface area (Å²) in [5, 5.41) is 14.5. The molecule has 0 bridgehead atoms. The van der Waals surface area contributed by atoms with E-state index in [0.717, 1.165) is 11.1 Å². The molecular formula is C20H18ClN3O2S2. The Balaban J connectivity index is 1.89. The highest BCUT2D eigenvalue weighted by Gasteiger charge is 2.21. The van der Waals surface area contributed by atoms with Crippen molar-refractivity contribution < 1.29 is 9.90 Å². The first-order valence-electron chi connectivity index (χ1n) is 8.42. The summed E-state index contributed by atoms with van der Waals surface area (Å²) in [7, 11) is 0. The molecule has 3 aromatic rings. The Kier molecular flexibility index (Phi) is 7.19. The van der Waals surface area contributed by atoms with E-state index < -0.39 is 5.97 Å². The number of halogens is 1. The zero-order chi connectivity index (χ0) is 19.9. The molecule has 144 valence electrons. The average Bonchev–Trinajstić information content (AvgIpc) is 2.71. The van der Waals surface area contributed by atoms with Crippen molar-refractivity contribution in [1.82, 2.24) is 9.97 Å². The summed E-state index contributed by atoms with van der Waals surface area (Å²) in [6, 6.07) is 17.3. The number of rotatable bonds is 8. The van der Waals surface area contributed by atoms with Crippen molar-refractivity contribution in [2.45, 2.75) is 22.5 Å². The summed E-state index contributed by atoms with van der Waals surface area (Å²) >= 11 is 8.96. The number of nitrogens with one attached hydrogen (secondary N) is 1. The summed E-state index contributed by atoms with van der Waals surface area (Å²) in [6.45, 7) is 0.369. The topological polar surface area (TPSA) is 75.1 Å². The summed E-state index contributed by atoms with van der Waals surface area (Å²) in [4.78, 5) is 20.8. The van der Waals surface area contributed by atoms with Crippen LogP contribution < -0.4 is 5.32 Å². The van der Waals surface area contributed by atoms with Crippen LogP contribution in [0.15, 0.2) is 64.8 Å². The fourth-order valence-electron chi connectivity index (χ4n) is 2.48. The van der Waals surface area contributed by atoms with Crippen molar-refractivity contribution >= 4 is 46.9 Å². The van der Waals surface area contributed by atoms with Crippen molar-refractivity contribution in [2.75, 3.05) is 11.6 Å². The lowest BCUT2D eigenvalue weighted by molar-refractivity contribution is 0.0692. The van der Waals surface area contributed by atoms with E-state index in [1.54, 1.807) is 6.07 Å². The zero-order valence-corrected chi connectivity index (χ0v) is 17.4. The second-order valence-electron chi connectivity index (χ2n) is 5.76. The van der Waals surface area contributed by atoms with Gasteiger partial charge in [0, 0.05) is 17.3 Å². The molecule has 1 aromatic heterocycles. The monoisotopic (exact) mass is 431 g/mol. The summed E-state index contributed by atoms with van der Waals surface area (Å²) in [6.07, 6.45) is 1.86. The van der Waals surface area contributed by atoms with Crippen LogP contribution in [0.4, 0.5) is 5.82 Å². The minimum atomic E-state index is -1.06. The third kappa shape index (κ3) is 5.19. The maximum absolute atomic E-state index is 12.0. The molecule has 0 unspecified atom stereocenters. The van der Waals surface area contributed by atoms with Crippen LogP contribution in [0.25, 0.3) is 0 Å². The predicted octanol–water partition coefficient (Wildman–Crippen LogP) is 5.45. The second-order valence-corrected chi connectivity index (χ2v) is 7.91. The van der Waals surface area contributed by atoms with E-state index in [-0.39, 0.29) is 5.56 Å². The van der Waals surface area contributed by atoms with Gasteiger partial charge in [0.2, 0.25) is 0 Å². The first kappa shape index (κ1) is 20.5. The second kappa shape index (κ2) is 9.82. The summed E-state index contributed by atoms with van der Waals surface area (Å²) < 4.78 is 0. The van der Waals surface area contributed by atoms with Gasteiger partial charge < -0.3 is 10.4 Å². The van der Waals surface area contributed by atoms with E-state index in [2.05, 4.69) is 15.3 Å². The number of nitrogens with zero attached hydrogens (tertiary/aromatic N) is 2. The number of hydrogen-bond acceptors (Lipinski definition) is 6. The van der Waals surface area contributed by atoms with Crippen molar-refractivity contribution in [3.05, 3.63) is 76.3 Å². The largest absolute Gasteiger partial charge is 0.477 e. The van der Waals surface area contributed by atoms with Crippen LogP contribution in [0, 0.1) is 0 Å². The molecule has 28 heavy (non-hydrogen) atoms. The van der Waals surface area contributed by atoms with Crippen LogP contribution in [0.2, 0.25) is 5.02 Å². The number of hydrogen-bond donors (Lipinski definition) is 2. The molecule has 2 aromatic carbocycles. The quantitative estimate of drug-likeness (QED) is 0.279. The number of aromatic nitrogens is 2. The molecular weight excluding hydrogens is 414 g/mol. The lowest BCUT2D eigenvalue weighted by Gasteiger charge is -2.14. The third-order valence-corrected chi connectivity index (χ3v) is 5.84. The molecule has 0 aliphatic carbocycles. The number of anilines is 1. The maximum atomic E-state index is 12.0. The molecule has 0 saturated carbocycles. The van der Waals surface area contributed by atoms with E-state index in [4.69, 9.17) is 11.6 Å². The Hall–Kier alpha value is -2.22. The van der Waals surface area contributed by atoms with Gasteiger partial charge in [-0.3, -0.25) is 0 Å². The van der Waals surface area contributed by atoms with Crippen LogP contribution in [0.1, 0.15) is 21.5 Å². The predicted molar refractivity (Wildman–Crippen MR) is 116 cm³/mol. The molecule has 0 atom stereocenters. The number of aromatic carboxylic acids is 1. The molecule has 2 N–H and O–H groups in total. The molecule has 0 amide bonds. The standard InChI is InChI=1S/C20H18ClN3O2S2/c1-27-20-23-17(22-11-14-9-5-6-10-15(14)21)16(19(25)26)18(24-20)28-12-13-7-3-2-4-8-13/h2-10H,11-12H2,1H3,(H,25,26)(H,22,23,24). The van der Waals surface area contributed by atoms with Crippen LogP contribution in [0.5, 0.6) is 0 Å². The van der Waals surface area contributed by atoms with Gasteiger partial charge >= 0.3 is 5.97 Å². The maximum Gasteiger partial charge on any atom is 0.342 e. The van der Waals surface area contributed by atoms with Gasteiger partial charge in [-0.15, -0.1) is 11.8 Å². The lowest BCUT2D eigenvalue weighted by atomic mass is 10.2. The van der Waals surface area contributed by atoms with E-state index in [9.17, 15) is 9.90 Å². The summed E-state index contributed by atoms with van der Waals surface area (Å²) in [5.41, 5.74) is 2.04. The van der Waals surface area contributed by atoms with Gasteiger partial charge in [0.25, 0.3) is 0 Å². The molecule has 1 heterocycles. The fraction of sp³-hybridized carbons (Fsp3) is 0.150. The number of thioether (sulfide) groups is 2. The Morgan fingerprint density at radius 2 is 1.82 bits per heavy atom. The molecule has 0 saturated heterocycles. The molecule has 3 rings (SSSR count). The first-order valence-corrected chi connectivity index (χ1v) is 11.0. The average molecular weight is 432 g/mol. The van der Waals surface area contributed by atoms with E-state index in [1.807, 2.05) is 54.8 Å². The molecule has 0 spiro atoms. The number of benzene rings is 2. The Morgan fingerprint density at radius 3 is 2.50 bits per heavy atom. The minimum Gasteiger partial charge on any atom is -0.477 e.